The summed E-state index contributed by atoms with van der Waals surface area (Å²) in [5, 5.41) is 3.66. The van der Waals surface area contributed by atoms with Gasteiger partial charge in [0.25, 0.3) is 0 Å². The first-order valence-electron chi connectivity index (χ1n) is 10.6. The van der Waals surface area contributed by atoms with Crippen LogP contribution in [0.1, 0.15) is 42.7 Å². The highest BCUT2D eigenvalue weighted by Gasteiger charge is 2.46. The summed E-state index contributed by atoms with van der Waals surface area (Å²) >= 11 is 0. The molecule has 5 rings (SSSR count). The van der Waals surface area contributed by atoms with Crippen LogP contribution in [0.15, 0.2) is 54.6 Å². The van der Waals surface area contributed by atoms with Crippen LogP contribution in [0, 0.1) is 5.92 Å². The van der Waals surface area contributed by atoms with Crippen molar-refractivity contribution in [2.75, 3.05) is 13.1 Å². The Morgan fingerprint density at radius 3 is 2.61 bits per heavy atom. The van der Waals surface area contributed by atoms with E-state index in [9.17, 15) is 4.79 Å². The molecule has 4 unspecified atom stereocenters. The Labute approximate surface area is 166 Å². The van der Waals surface area contributed by atoms with Gasteiger partial charge in [-0.3, -0.25) is 4.79 Å². The van der Waals surface area contributed by atoms with E-state index >= 15 is 0 Å². The molecule has 4 heteroatoms. The van der Waals surface area contributed by atoms with E-state index < -0.39 is 0 Å². The third-order valence-electron chi connectivity index (χ3n) is 6.50. The summed E-state index contributed by atoms with van der Waals surface area (Å²) in [6.07, 6.45) is 4.58. The number of nitrogens with one attached hydrogen (secondary N) is 1. The van der Waals surface area contributed by atoms with Crippen LogP contribution < -0.4 is 10.1 Å². The summed E-state index contributed by atoms with van der Waals surface area (Å²) in [6, 6.07) is 19.7. The average molecular weight is 377 g/mol. The summed E-state index contributed by atoms with van der Waals surface area (Å²) < 4.78 is 5.88. The minimum absolute atomic E-state index is 0.174. The van der Waals surface area contributed by atoms with Crippen LogP contribution in [0.3, 0.4) is 0 Å². The fraction of sp³-hybridized carbons (Fsp3) is 0.458. The van der Waals surface area contributed by atoms with Crippen molar-refractivity contribution in [1.29, 1.82) is 0 Å². The molecular weight excluding hydrogens is 348 g/mol. The Morgan fingerprint density at radius 2 is 1.79 bits per heavy atom. The number of amides is 1. The van der Waals surface area contributed by atoms with E-state index in [2.05, 4.69) is 34.5 Å². The van der Waals surface area contributed by atoms with E-state index in [1.54, 1.807) is 0 Å². The summed E-state index contributed by atoms with van der Waals surface area (Å²) in [5.74, 6) is 1.80. The minimum Gasteiger partial charge on any atom is -0.489 e. The molecule has 2 aromatic rings. The second-order valence-corrected chi connectivity index (χ2v) is 8.50. The molecule has 1 N–H and O–H groups in total. The molecule has 2 aliphatic heterocycles. The molecule has 28 heavy (non-hydrogen) atoms. The first-order chi connectivity index (χ1) is 13.8. The number of fused-ring (bicyclic) bond motifs is 2. The first kappa shape index (κ1) is 17.7. The molecule has 0 aromatic heterocycles. The zero-order valence-corrected chi connectivity index (χ0v) is 16.2. The topological polar surface area (TPSA) is 41.6 Å². The Kier molecular flexibility index (Phi) is 4.81. The van der Waals surface area contributed by atoms with Gasteiger partial charge >= 0.3 is 0 Å². The van der Waals surface area contributed by atoms with Crippen molar-refractivity contribution in [2.45, 2.75) is 50.3 Å². The minimum atomic E-state index is 0.174. The first-order valence-corrected chi connectivity index (χ1v) is 10.6. The van der Waals surface area contributed by atoms with Gasteiger partial charge in [-0.25, -0.2) is 0 Å². The summed E-state index contributed by atoms with van der Waals surface area (Å²) in [7, 11) is 0. The van der Waals surface area contributed by atoms with Gasteiger partial charge in [0.05, 0.1) is 0 Å². The van der Waals surface area contributed by atoms with E-state index in [-0.39, 0.29) is 5.92 Å². The highest BCUT2D eigenvalue weighted by atomic mass is 16.5. The zero-order valence-electron chi connectivity index (χ0n) is 16.2. The standard InChI is InChI=1S/C24H28N2O2/c27-24(26-13-12-19-8-9-20(15-26)25-19)23-14-22(23)18-6-10-21(11-7-18)28-16-17-4-2-1-3-5-17/h1-7,10-11,19-20,22-23,25H,8-9,12-16H2. The van der Waals surface area contributed by atoms with Gasteiger partial charge in [-0.2, -0.15) is 0 Å². The van der Waals surface area contributed by atoms with Crippen LogP contribution in [0.5, 0.6) is 5.75 Å². The van der Waals surface area contributed by atoms with Gasteiger partial charge in [-0.15, -0.1) is 0 Å². The van der Waals surface area contributed by atoms with Gasteiger partial charge in [0.1, 0.15) is 12.4 Å². The molecule has 146 valence electrons. The lowest BCUT2D eigenvalue weighted by Crippen LogP contribution is -2.40. The van der Waals surface area contributed by atoms with Crippen LogP contribution in [0.4, 0.5) is 0 Å². The van der Waals surface area contributed by atoms with Gasteiger partial charge in [0.2, 0.25) is 5.91 Å². The molecule has 0 spiro atoms. The SMILES string of the molecule is O=C(C1CC1c1ccc(OCc2ccccc2)cc1)N1CCC2CCC(C1)N2. The van der Waals surface area contributed by atoms with E-state index in [1.165, 1.54) is 24.0 Å². The lowest BCUT2D eigenvalue weighted by atomic mass is 10.1. The number of carbonyl (C=O) groups is 1. The van der Waals surface area contributed by atoms with Gasteiger partial charge in [0, 0.05) is 31.1 Å². The normalized spacial score (nSPS) is 28.6. The largest absolute Gasteiger partial charge is 0.489 e. The Hall–Kier alpha value is -2.33. The maximum absolute atomic E-state index is 13.0. The van der Waals surface area contributed by atoms with Crippen LogP contribution in [-0.2, 0) is 11.4 Å². The van der Waals surface area contributed by atoms with Crippen molar-refractivity contribution >= 4 is 5.91 Å². The predicted octanol–water partition coefficient (Wildman–Crippen LogP) is 3.72. The molecule has 1 aliphatic carbocycles. The lowest BCUT2D eigenvalue weighted by Gasteiger charge is -2.24. The number of hydrogen-bond acceptors (Lipinski definition) is 3. The van der Waals surface area contributed by atoms with Crippen molar-refractivity contribution in [3.63, 3.8) is 0 Å². The highest BCUT2D eigenvalue weighted by molar-refractivity contribution is 5.83. The maximum Gasteiger partial charge on any atom is 0.226 e. The number of ether oxygens (including phenoxy) is 1. The number of carbonyl (C=O) groups excluding carboxylic acids is 1. The predicted molar refractivity (Wildman–Crippen MR) is 109 cm³/mol. The highest BCUT2D eigenvalue weighted by Crippen LogP contribution is 2.49. The third-order valence-corrected chi connectivity index (χ3v) is 6.50. The number of rotatable bonds is 5. The van der Waals surface area contributed by atoms with Crippen molar-refractivity contribution < 1.29 is 9.53 Å². The number of nitrogens with zero attached hydrogens (tertiary/aromatic N) is 1. The van der Waals surface area contributed by atoms with Gasteiger partial charge < -0.3 is 15.0 Å². The summed E-state index contributed by atoms with van der Waals surface area (Å²) in [6.45, 7) is 2.39. The second-order valence-electron chi connectivity index (χ2n) is 8.50. The number of hydrogen-bond donors (Lipinski definition) is 1. The lowest BCUT2D eigenvalue weighted by molar-refractivity contribution is -0.132. The molecule has 2 bridgehead atoms. The van der Waals surface area contributed by atoms with Crippen LogP contribution in [-0.4, -0.2) is 36.0 Å². The molecule has 3 aliphatic rings. The fourth-order valence-electron chi connectivity index (χ4n) is 4.77. The van der Waals surface area contributed by atoms with Crippen LogP contribution in [0.25, 0.3) is 0 Å². The molecule has 2 heterocycles. The third kappa shape index (κ3) is 3.79. The molecule has 4 atom stereocenters. The molecule has 2 saturated heterocycles. The van der Waals surface area contributed by atoms with Crippen molar-refractivity contribution in [1.82, 2.24) is 10.2 Å². The quantitative estimate of drug-likeness (QED) is 0.865. The number of benzene rings is 2. The molecule has 1 saturated carbocycles. The van der Waals surface area contributed by atoms with Gasteiger partial charge in [-0.05, 0) is 54.9 Å². The Morgan fingerprint density at radius 1 is 1.00 bits per heavy atom. The van der Waals surface area contributed by atoms with Crippen LogP contribution >= 0.6 is 0 Å². The van der Waals surface area contributed by atoms with Gasteiger partial charge in [-0.1, -0.05) is 42.5 Å². The molecule has 0 radical (unpaired) electrons. The summed E-state index contributed by atoms with van der Waals surface area (Å²) in [4.78, 5) is 15.1. The molecule has 4 nitrogen and oxygen atoms in total. The summed E-state index contributed by atoms with van der Waals surface area (Å²) in [5.41, 5.74) is 2.43. The Bertz CT molecular complexity index is 820. The Balaban J connectivity index is 1.16. The van der Waals surface area contributed by atoms with Crippen molar-refractivity contribution in [3.8, 4) is 5.75 Å². The van der Waals surface area contributed by atoms with Crippen molar-refractivity contribution in [2.24, 2.45) is 5.92 Å². The molecule has 2 aromatic carbocycles. The zero-order chi connectivity index (χ0) is 18.9. The van der Waals surface area contributed by atoms with E-state index in [1.807, 2.05) is 30.3 Å². The van der Waals surface area contributed by atoms with E-state index in [0.717, 1.165) is 31.7 Å². The number of likely N-dealkylation sites (tertiary alicyclic amines) is 1. The maximum atomic E-state index is 13.0. The molecule has 1 amide bonds. The second kappa shape index (κ2) is 7.59. The van der Waals surface area contributed by atoms with Gasteiger partial charge in [0.15, 0.2) is 0 Å². The van der Waals surface area contributed by atoms with Crippen molar-refractivity contribution in [3.05, 3.63) is 65.7 Å². The van der Waals surface area contributed by atoms with E-state index in [4.69, 9.17) is 4.74 Å². The smallest absolute Gasteiger partial charge is 0.226 e. The molecular formula is C24H28N2O2. The van der Waals surface area contributed by atoms with E-state index in [0.29, 0.717) is 30.5 Å². The van der Waals surface area contributed by atoms with Crippen LogP contribution in [0.2, 0.25) is 0 Å². The molecule has 3 fully saturated rings. The monoisotopic (exact) mass is 376 g/mol. The average Bonchev–Trinajstić information content (AvgIpc) is 3.45. The fourth-order valence-corrected chi connectivity index (χ4v) is 4.77.